The summed E-state index contributed by atoms with van der Waals surface area (Å²) in [7, 11) is 3.21. The van der Waals surface area contributed by atoms with Crippen LogP contribution in [-0.2, 0) is 11.3 Å². The summed E-state index contributed by atoms with van der Waals surface area (Å²) in [6.07, 6.45) is 0. The van der Waals surface area contributed by atoms with Crippen molar-refractivity contribution < 1.29 is 19.0 Å². The van der Waals surface area contributed by atoms with Gasteiger partial charge in [-0.3, -0.25) is 4.79 Å². The first-order valence-electron chi connectivity index (χ1n) is 7.38. The Balaban J connectivity index is 2.17. The SMILES string of the molecule is CCOc1cc(C(=O)Nc2cccc(COC)c2)ccc1OC. The van der Waals surface area contributed by atoms with E-state index in [-0.39, 0.29) is 5.91 Å². The summed E-state index contributed by atoms with van der Waals surface area (Å²) in [5.41, 5.74) is 2.22. The molecule has 0 radical (unpaired) electrons. The fraction of sp³-hybridized carbons (Fsp3) is 0.278. The molecule has 0 aliphatic heterocycles. The van der Waals surface area contributed by atoms with Crippen molar-refractivity contribution >= 4 is 11.6 Å². The van der Waals surface area contributed by atoms with Crippen LogP contribution in [0.1, 0.15) is 22.8 Å². The van der Waals surface area contributed by atoms with Gasteiger partial charge in [-0.2, -0.15) is 0 Å². The minimum atomic E-state index is -0.205. The van der Waals surface area contributed by atoms with Gasteiger partial charge in [0.1, 0.15) is 0 Å². The average molecular weight is 315 g/mol. The molecule has 0 heterocycles. The molecule has 0 saturated carbocycles. The standard InChI is InChI=1S/C18H21NO4/c1-4-23-17-11-14(8-9-16(17)22-3)18(20)19-15-7-5-6-13(10-15)12-21-2/h5-11H,4,12H2,1-3H3,(H,19,20). The number of methoxy groups -OCH3 is 2. The minimum Gasteiger partial charge on any atom is -0.493 e. The molecule has 5 nitrogen and oxygen atoms in total. The Morgan fingerprint density at radius 1 is 1.09 bits per heavy atom. The van der Waals surface area contributed by atoms with E-state index in [1.54, 1.807) is 32.4 Å². The molecule has 0 aliphatic rings. The molecule has 0 fully saturated rings. The highest BCUT2D eigenvalue weighted by Gasteiger charge is 2.11. The van der Waals surface area contributed by atoms with Crippen LogP contribution in [0.25, 0.3) is 0 Å². The third kappa shape index (κ3) is 4.47. The maximum Gasteiger partial charge on any atom is 0.255 e. The van der Waals surface area contributed by atoms with Crippen LogP contribution in [0.3, 0.4) is 0 Å². The number of carbonyl (C=O) groups excluding carboxylic acids is 1. The molecule has 0 aliphatic carbocycles. The van der Waals surface area contributed by atoms with Gasteiger partial charge in [0.25, 0.3) is 5.91 Å². The minimum absolute atomic E-state index is 0.205. The Labute approximate surface area is 136 Å². The van der Waals surface area contributed by atoms with Gasteiger partial charge in [-0.15, -0.1) is 0 Å². The number of benzene rings is 2. The van der Waals surface area contributed by atoms with Crippen molar-refractivity contribution in [2.75, 3.05) is 26.1 Å². The molecule has 0 saturated heterocycles. The van der Waals surface area contributed by atoms with Crippen LogP contribution in [0.4, 0.5) is 5.69 Å². The van der Waals surface area contributed by atoms with E-state index in [0.717, 1.165) is 11.3 Å². The van der Waals surface area contributed by atoms with Gasteiger partial charge in [-0.05, 0) is 42.8 Å². The lowest BCUT2D eigenvalue weighted by Crippen LogP contribution is -2.12. The maximum absolute atomic E-state index is 12.4. The van der Waals surface area contributed by atoms with Gasteiger partial charge in [0.15, 0.2) is 11.5 Å². The predicted molar refractivity (Wildman–Crippen MR) is 89.3 cm³/mol. The van der Waals surface area contributed by atoms with E-state index in [9.17, 15) is 4.79 Å². The van der Waals surface area contributed by atoms with Crippen LogP contribution >= 0.6 is 0 Å². The smallest absolute Gasteiger partial charge is 0.255 e. The van der Waals surface area contributed by atoms with Crippen molar-refractivity contribution in [2.24, 2.45) is 0 Å². The molecular formula is C18H21NO4. The number of hydrogen-bond acceptors (Lipinski definition) is 4. The maximum atomic E-state index is 12.4. The quantitative estimate of drug-likeness (QED) is 0.849. The zero-order chi connectivity index (χ0) is 16.7. The van der Waals surface area contributed by atoms with Crippen LogP contribution in [0.5, 0.6) is 11.5 Å². The molecule has 2 aromatic carbocycles. The molecule has 0 atom stereocenters. The number of nitrogens with one attached hydrogen (secondary N) is 1. The Morgan fingerprint density at radius 2 is 1.91 bits per heavy atom. The van der Waals surface area contributed by atoms with Crippen LogP contribution in [0.2, 0.25) is 0 Å². The van der Waals surface area contributed by atoms with Crippen molar-refractivity contribution in [3.63, 3.8) is 0 Å². The van der Waals surface area contributed by atoms with E-state index in [0.29, 0.717) is 30.3 Å². The second-order valence-electron chi connectivity index (χ2n) is 4.89. The molecule has 1 amide bonds. The van der Waals surface area contributed by atoms with Crippen molar-refractivity contribution in [3.05, 3.63) is 53.6 Å². The van der Waals surface area contributed by atoms with Gasteiger partial charge >= 0.3 is 0 Å². The first kappa shape index (κ1) is 16.8. The van der Waals surface area contributed by atoms with E-state index >= 15 is 0 Å². The number of hydrogen-bond donors (Lipinski definition) is 1. The molecule has 0 spiro atoms. The van der Waals surface area contributed by atoms with Gasteiger partial charge in [-0.1, -0.05) is 12.1 Å². The third-order valence-corrected chi connectivity index (χ3v) is 3.22. The topological polar surface area (TPSA) is 56.8 Å². The van der Waals surface area contributed by atoms with Crippen molar-refractivity contribution in [2.45, 2.75) is 13.5 Å². The summed E-state index contributed by atoms with van der Waals surface area (Å²) in [5, 5.41) is 2.87. The zero-order valence-corrected chi connectivity index (χ0v) is 13.6. The zero-order valence-electron chi connectivity index (χ0n) is 13.6. The van der Waals surface area contributed by atoms with Crippen LogP contribution in [0.15, 0.2) is 42.5 Å². The molecule has 5 heteroatoms. The van der Waals surface area contributed by atoms with Crippen molar-refractivity contribution in [1.82, 2.24) is 0 Å². The summed E-state index contributed by atoms with van der Waals surface area (Å²) < 4.78 is 15.8. The fourth-order valence-electron chi connectivity index (χ4n) is 2.20. The van der Waals surface area contributed by atoms with Gasteiger partial charge in [-0.25, -0.2) is 0 Å². The number of anilines is 1. The highest BCUT2D eigenvalue weighted by Crippen LogP contribution is 2.28. The number of amides is 1. The van der Waals surface area contributed by atoms with E-state index < -0.39 is 0 Å². The molecule has 2 aromatic rings. The Hall–Kier alpha value is -2.53. The van der Waals surface area contributed by atoms with E-state index in [1.807, 2.05) is 31.2 Å². The number of carbonyl (C=O) groups is 1. The number of ether oxygens (including phenoxy) is 3. The monoisotopic (exact) mass is 315 g/mol. The van der Waals surface area contributed by atoms with Crippen molar-refractivity contribution in [3.8, 4) is 11.5 Å². The summed E-state index contributed by atoms with van der Waals surface area (Å²) >= 11 is 0. The molecule has 122 valence electrons. The highest BCUT2D eigenvalue weighted by molar-refractivity contribution is 6.04. The van der Waals surface area contributed by atoms with E-state index in [1.165, 1.54) is 0 Å². The van der Waals surface area contributed by atoms with Crippen molar-refractivity contribution in [1.29, 1.82) is 0 Å². The van der Waals surface area contributed by atoms with Crippen LogP contribution < -0.4 is 14.8 Å². The molecule has 2 rings (SSSR count). The normalized spacial score (nSPS) is 10.2. The lowest BCUT2D eigenvalue weighted by Gasteiger charge is -2.11. The lowest BCUT2D eigenvalue weighted by atomic mass is 10.1. The van der Waals surface area contributed by atoms with Gasteiger partial charge in [0.2, 0.25) is 0 Å². The lowest BCUT2D eigenvalue weighted by molar-refractivity contribution is 0.102. The highest BCUT2D eigenvalue weighted by atomic mass is 16.5. The number of rotatable bonds is 7. The van der Waals surface area contributed by atoms with Crippen LogP contribution in [-0.4, -0.2) is 26.7 Å². The second-order valence-corrected chi connectivity index (χ2v) is 4.89. The van der Waals surface area contributed by atoms with Crippen LogP contribution in [0, 0.1) is 0 Å². The Morgan fingerprint density at radius 3 is 2.61 bits per heavy atom. The molecule has 0 bridgehead atoms. The first-order chi connectivity index (χ1) is 11.2. The predicted octanol–water partition coefficient (Wildman–Crippen LogP) is 3.49. The largest absolute Gasteiger partial charge is 0.493 e. The summed E-state index contributed by atoms with van der Waals surface area (Å²) in [5.74, 6) is 0.949. The second kappa shape index (κ2) is 8.19. The first-order valence-corrected chi connectivity index (χ1v) is 7.38. The molecule has 0 unspecified atom stereocenters. The van der Waals surface area contributed by atoms with Gasteiger partial charge in [0.05, 0.1) is 20.3 Å². The van der Waals surface area contributed by atoms with E-state index in [2.05, 4.69) is 5.32 Å². The average Bonchev–Trinajstić information content (AvgIpc) is 2.56. The van der Waals surface area contributed by atoms with Gasteiger partial charge in [0, 0.05) is 18.4 Å². The third-order valence-electron chi connectivity index (χ3n) is 3.22. The van der Waals surface area contributed by atoms with E-state index in [4.69, 9.17) is 14.2 Å². The molecule has 23 heavy (non-hydrogen) atoms. The van der Waals surface area contributed by atoms with Gasteiger partial charge < -0.3 is 19.5 Å². The molecule has 0 aromatic heterocycles. The summed E-state index contributed by atoms with van der Waals surface area (Å²) in [4.78, 5) is 12.4. The molecule has 1 N–H and O–H groups in total. The molecular weight excluding hydrogens is 294 g/mol. The fourth-order valence-corrected chi connectivity index (χ4v) is 2.20. The Bertz CT molecular complexity index is 670. The summed E-state index contributed by atoms with van der Waals surface area (Å²) in [6, 6.07) is 12.6. The summed E-state index contributed by atoms with van der Waals surface area (Å²) in [6.45, 7) is 2.88. The Kier molecular flexibility index (Phi) is 6.00.